The van der Waals surface area contributed by atoms with E-state index in [1.54, 1.807) is 36.4 Å². The number of halogens is 2. The predicted molar refractivity (Wildman–Crippen MR) is 85.0 cm³/mol. The minimum absolute atomic E-state index is 0.0600. The Morgan fingerprint density at radius 1 is 1.18 bits per heavy atom. The van der Waals surface area contributed by atoms with Crippen LogP contribution in [0.2, 0.25) is 10.0 Å². The van der Waals surface area contributed by atoms with Gasteiger partial charge in [-0.05, 0) is 30.3 Å². The zero-order chi connectivity index (χ0) is 15.7. The highest BCUT2D eigenvalue weighted by Gasteiger charge is 2.27. The van der Waals surface area contributed by atoms with E-state index in [-0.39, 0.29) is 19.1 Å². The van der Waals surface area contributed by atoms with Crippen LogP contribution in [0.3, 0.4) is 0 Å². The SMILES string of the molecule is O=Cc1ccc2c(c1)N(Cc1c(Cl)cccc1Cl)C(=O)CO2. The van der Waals surface area contributed by atoms with E-state index in [9.17, 15) is 9.59 Å². The van der Waals surface area contributed by atoms with E-state index < -0.39 is 0 Å². The molecule has 4 nitrogen and oxygen atoms in total. The number of carbonyl (C=O) groups excluding carboxylic acids is 2. The maximum atomic E-state index is 12.2. The third kappa shape index (κ3) is 2.67. The van der Waals surface area contributed by atoms with Crippen LogP contribution in [-0.2, 0) is 11.3 Å². The van der Waals surface area contributed by atoms with Gasteiger partial charge in [0.05, 0.1) is 12.2 Å². The number of anilines is 1. The molecular formula is C16H11Cl2NO3. The third-order valence-electron chi connectivity index (χ3n) is 3.44. The molecule has 0 radical (unpaired) electrons. The van der Waals surface area contributed by atoms with Crippen molar-refractivity contribution in [3.05, 3.63) is 57.6 Å². The lowest BCUT2D eigenvalue weighted by Gasteiger charge is -2.30. The van der Waals surface area contributed by atoms with Gasteiger partial charge in [-0.3, -0.25) is 9.59 Å². The largest absolute Gasteiger partial charge is 0.482 e. The first-order valence-electron chi connectivity index (χ1n) is 6.55. The Morgan fingerprint density at radius 3 is 2.59 bits per heavy atom. The highest BCUT2D eigenvalue weighted by molar-refractivity contribution is 6.36. The first-order chi connectivity index (χ1) is 10.6. The quantitative estimate of drug-likeness (QED) is 0.803. The van der Waals surface area contributed by atoms with E-state index in [2.05, 4.69) is 0 Å². The zero-order valence-electron chi connectivity index (χ0n) is 11.4. The number of nitrogens with zero attached hydrogens (tertiary/aromatic N) is 1. The Kier molecular flexibility index (Phi) is 4.05. The number of ether oxygens (including phenoxy) is 1. The van der Waals surface area contributed by atoms with Crippen molar-refractivity contribution in [3.63, 3.8) is 0 Å². The summed E-state index contributed by atoms with van der Waals surface area (Å²) in [5, 5.41) is 0.972. The summed E-state index contributed by atoms with van der Waals surface area (Å²) in [6, 6.07) is 10.1. The van der Waals surface area contributed by atoms with E-state index >= 15 is 0 Å². The Hall–Kier alpha value is -2.04. The second-order valence-electron chi connectivity index (χ2n) is 4.81. The fraction of sp³-hybridized carbons (Fsp3) is 0.125. The molecule has 0 N–H and O–H groups in total. The van der Waals surface area contributed by atoms with Crippen LogP contribution in [-0.4, -0.2) is 18.8 Å². The molecule has 0 aliphatic carbocycles. The first kappa shape index (κ1) is 14.9. The molecule has 0 bridgehead atoms. The maximum Gasteiger partial charge on any atom is 0.265 e. The van der Waals surface area contributed by atoms with Gasteiger partial charge in [0.15, 0.2) is 6.61 Å². The van der Waals surface area contributed by atoms with Gasteiger partial charge in [-0.25, -0.2) is 0 Å². The number of fused-ring (bicyclic) bond motifs is 1. The summed E-state index contributed by atoms with van der Waals surface area (Å²) in [6.07, 6.45) is 0.722. The lowest BCUT2D eigenvalue weighted by molar-refractivity contribution is -0.121. The molecule has 1 aliphatic rings. The summed E-state index contributed by atoms with van der Waals surface area (Å²) in [7, 11) is 0. The average Bonchev–Trinajstić information content (AvgIpc) is 2.52. The second-order valence-corrected chi connectivity index (χ2v) is 5.63. The fourth-order valence-corrected chi connectivity index (χ4v) is 2.82. The number of hydrogen-bond donors (Lipinski definition) is 0. The molecule has 1 amide bonds. The van der Waals surface area contributed by atoms with Gasteiger partial charge in [0.1, 0.15) is 12.0 Å². The van der Waals surface area contributed by atoms with E-state index in [4.69, 9.17) is 27.9 Å². The van der Waals surface area contributed by atoms with E-state index in [1.807, 2.05) is 0 Å². The van der Waals surface area contributed by atoms with Crippen molar-refractivity contribution < 1.29 is 14.3 Å². The van der Waals surface area contributed by atoms with Gasteiger partial charge in [0.2, 0.25) is 0 Å². The molecule has 0 aromatic heterocycles. The predicted octanol–water partition coefficient (Wildman–Crippen LogP) is 3.73. The van der Waals surface area contributed by atoms with Crippen molar-refractivity contribution in [2.24, 2.45) is 0 Å². The van der Waals surface area contributed by atoms with Crippen molar-refractivity contribution in [1.29, 1.82) is 0 Å². The summed E-state index contributed by atoms with van der Waals surface area (Å²) in [5.74, 6) is 0.333. The number of benzene rings is 2. The van der Waals surface area contributed by atoms with Crippen molar-refractivity contribution in [2.45, 2.75) is 6.54 Å². The number of carbonyl (C=O) groups is 2. The fourth-order valence-electron chi connectivity index (χ4n) is 2.31. The zero-order valence-corrected chi connectivity index (χ0v) is 12.9. The number of aldehydes is 1. The number of rotatable bonds is 3. The Balaban J connectivity index is 2.04. The molecule has 22 heavy (non-hydrogen) atoms. The second kappa shape index (κ2) is 5.99. The van der Waals surface area contributed by atoms with Crippen LogP contribution < -0.4 is 9.64 Å². The van der Waals surface area contributed by atoms with E-state index in [1.165, 1.54) is 4.90 Å². The Labute approximate surface area is 137 Å². The maximum absolute atomic E-state index is 12.2. The minimum Gasteiger partial charge on any atom is -0.482 e. The lowest BCUT2D eigenvalue weighted by Crippen LogP contribution is -2.38. The summed E-state index contributed by atoms with van der Waals surface area (Å²) < 4.78 is 5.39. The van der Waals surface area contributed by atoms with Crippen LogP contribution >= 0.6 is 23.2 Å². The summed E-state index contributed by atoms with van der Waals surface area (Å²) in [4.78, 5) is 24.7. The molecule has 0 saturated heterocycles. The minimum atomic E-state index is -0.216. The standard InChI is InChI=1S/C16H11Cl2NO3/c17-12-2-1-3-13(18)11(12)7-19-14-6-10(8-20)4-5-15(14)22-9-16(19)21/h1-6,8H,7,9H2. The Bertz CT molecular complexity index is 741. The Morgan fingerprint density at radius 2 is 1.91 bits per heavy atom. The van der Waals surface area contributed by atoms with Gasteiger partial charge < -0.3 is 9.64 Å². The molecule has 112 valence electrons. The van der Waals surface area contributed by atoms with Crippen LogP contribution in [0.15, 0.2) is 36.4 Å². The highest BCUT2D eigenvalue weighted by Crippen LogP contribution is 2.35. The van der Waals surface area contributed by atoms with Gasteiger partial charge >= 0.3 is 0 Å². The van der Waals surface area contributed by atoms with Crippen molar-refractivity contribution in [3.8, 4) is 5.75 Å². The molecular weight excluding hydrogens is 325 g/mol. The summed E-state index contributed by atoms with van der Waals surface area (Å²) >= 11 is 12.3. The highest BCUT2D eigenvalue weighted by atomic mass is 35.5. The molecule has 0 unspecified atom stereocenters. The molecule has 0 spiro atoms. The third-order valence-corrected chi connectivity index (χ3v) is 4.15. The smallest absolute Gasteiger partial charge is 0.265 e. The van der Waals surface area contributed by atoms with Crippen LogP contribution in [0.1, 0.15) is 15.9 Å². The van der Waals surface area contributed by atoms with Crippen LogP contribution in [0.4, 0.5) is 5.69 Å². The van der Waals surface area contributed by atoms with E-state index in [0.717, 1.165) is 6.29 Å². The lowest BCUT2D eigenvalue weighted by atomic mass is 10.1. The van der Waals surface area contributed by atoms with E-state index in [0.29, 0.717) is 32.6 Å². The molecule has 0 atom stereocenters. The molecule has 1 aliphatic heterocycles. The van der Waals surface area contributed by atoms with Gasteiger partial charge in [-0.2, -0.15) is 0 Å². The van der Waals surface area contributed by atoms with Crippen molar-refractivity contribution in [2.75, 3.05) is 11.5 Å². The van der Waals surface area contributed by atoms with Gasteiger partial charge in [-0.15, -0.1) is 0 Å². The molecule has 1 heterocycles. The van der Waals surface area contributed by atoms with Gasteiger partial charge in [0, 0.05) is 21.2 Å². The molecule has 2 aromatic rings. The molecule has 2 aromatic carbocycles. The molecule has 3 rings (SSSR count). The number of hydrogen-bond acceptors (Lipinski definition) is 3. The normalized spacial score (nSPS) is 13.5. The number of amides is 1. The molecule has 6 heteroatoms. The monoisotopic (exact) mass is 335 g/mol. The van der Waals surface area contributed by atoms with Crippen LogP contribution in [0, 0.1) is 0 Å². The summed E-state index contributed by atoms with van der Waals surface area (Å²) in [6.45, 7) is 0.158. The molecule has 0 fully saturated rings. The first-order valence-corrected chi connectivity index (χ1v) is 7.31. The van der Waals surface area contributed by atoms with Crippen LogP contribution in [0.25, 0.3) is 0 Å². The van der Waals surface area contributed by atoms with Gasteiger partial charge in [-0.1, -0.05) is 29.3 Å². The topological polar surface area (TPSA) is 46.6 Å². The average molecular weight is 336 g/mol. The van der Waals surface area contributed by atoms with Crippen molar-refractivity contribution in [1.82, 2.24) is 0 Å². The van der Waals surface area contributed by atoms with Crippen LogP contribution in [0.5, 0.6) is 5.75 Å². The molecule has 0 saturated carbocycles. The van der Waals surface area contributed by atoms with Crippen molar-refractivity contribution >= 4 is 41.1 Å². The summed E-state index contributed by atoms with van der Waals surface area (Å²) in [5.41, 5.74) is 1.66. The van der Waals surface area contributed by atoms with Gasteiger partial charge in [0.25, 0.3) is 5.91 Å².